The number of hydrogen-bond acceptors (Lipinski definition) is 7. The fourth-order valence-corrected chi connectivity index (χ4v) is 4.09. The van der Waals surface area contributed by atoms with E-state index in [1.165, 1.54) is 19.2 Å². The van der Waals surface area contributed by atoms with Crippen molar-refractivity contribution in [3.63, 3.8) is 0 Å². The summed E-state index contributed by atoms with van der Waals surface area (Å²) in [7, 11) is 1.53. The number of nitrogens with two attached hydrogens (primary N) is 2. The van der Waals surface area contributed by atoms with Gasteiger partial charge in [-0.3, -0.25) is 14.4 Å². The van der Waals surface area contributed by atoms with Gasteiger partial charge in [0, 0.05) is 40.3 Å². The van der Waals surface area contributed by atoms with Crippen LogP contribution < -0.4 is 32.2 Å². The highest BCUT2D eigenvalue weighted by Crippen LogP contribution is 2.25. The first-order valence-electron chi connectivity index (χ1n) is 12.6. The summed E-state index contributed by atoms with van der Waals surface area (Å²) in [4.78, 5) is 55.9. The van der Waals surface area contributed by atoms with Crippen LogP contribution in [-0.4, -0.2) is 48.2 Å². The van der Waals surface area contributed by atoms with Gasteiger partial charge in [0.2, 0.25) is 5.91 Å². The molecule has 2 heterocycles. The zero-order valence-corrected chi connectivity index (χ0v) is 22.2. The number of amides is 3. The minimum atomic E-state index is -0.612. The third-order valence-electron chi connectivity index (χ3n) is 6.08. The van der Waals surface area contributed by atoms with Crippen LogP contribution in [-0.2, 0) is 4.79 Å². The van der Waals surface area contributed by atoms with Crippen LogP contribution in [0.3, 0.4) is 0 Å². The van der Waals surface area contributed by atoms with Crippen molar-refractivity contribution in [1.82, 2.24) is 10.3 Å². The third kappa shape index (κ3) is 6.20. The lowest BCUT2D eigenvalue weighted by Crippen LogP contribution is -2.25. The maximum absolute atomic E-state index is 12.9. The number of carbonyl (C=O) groups excluding carboxylic acids is 4. The van der Waals surface area contributed by atoms with Gasteiger partial charge in [-0.15, -0.1) is 0 Å². The van der Waals surface area contributed by atoms with Crippen LogP contribution in [0.15, 0.2) is 82.2 Å². The van der Waals surface area contributed by atoms with Gasteiger partial charge in [-0.25, -0.2) is 9.79 Å². The number of aliphatic imine (C=N–C) groups is 1. The molecular formula is C29H25N7O6. The predicted molar refractivity (Wildman–Crippen MR) is 157 cm³/mol. The highest BCUT2D eigenvalue weighted by molar-refractivity contribution is 6.06. The molecule has 5 rings (SSSR count). The first-order valence-corrected chi connectivity index (χ1v) is 12.6. The summed E-state index contributed by atoms with van der Waals surface area (Å²) in [5.41, 5.74) is 13.2. The Hall–Kier alpha value is -6.11. The second-order valence-corrected chi connectivity index (χ2v) is 9.08. The summed E-state index contributed by atoms with van der Waals surface area (Å²) in [6.07, 6.45) is 0. The molecule has 0 bridgehead atoms. The van der Waals surface area contributed by atoms with Crippen molar-refractivity contribution in [2.75, 3.05) is 24.2 Å². The molecule has 13 nitrogen and oxygen atoms in total. The van der Waals surface area contributed by atoms with Crippen LogP contribution >= 0.6 is 0 Å². The fraction of sp³-hybridized carbons (Fsp3) is 0.0690. The van der Waals surface area contributed by atoms with Crippen LogP contribution in [0, 0.1) is 0 Å². The van der Waals surface area contributed by atoms with Crippen molar-refractivity contribution in [3.05, 3.63) is 89.8 Å². The zero-order chi connectivity index (χ0) is 29.8. The van der Waals surface area contributed by atoms with Crippen molar-refractivity contribution in [2.45, 2.75) is 0 Å². The molecule has 0 saturated carbocycles. The van der Waals surface area contributed by atoms with Gasteiger partial charge >= 0.3 is 5.97 Å². The van der Waals surface area contributed by atoms with E-state index in [2.05, 4.69) is 25.9 Å². The lowest BCUT2D eigenvalue weighted by molar-refractivity contribution is -0.114. The number of aromatic amines is 1. The molecule has 5 aromatic rings. The molecule has 0 unspecified atom stereocenters. The molecule has 8 N–H and O–H groups in total. The molecule has 212 valence electrons. The van der Waals surface area contributed by atoms with Crippen molar-refractivity contribution in [1.29, 1.82) is 0 Å². The number of fused-ring (bicyclic) bond motifs is 2. The van der Waals surface area contributed by atoms with Gasteiger partial charge in [0.15, 0.2) is 11.7 Å². The van der Waals surface area contributed by atoms with Gasteiger partial charge in [0.25, 0.3) is 11.8 Å². The van der Waals surface area contributed by atoms with Crippen LogP contribution in [0.4, 0.5) is 11.4 Å². The topological polar surface area (TPSA) is 207 Å². The second kappa shape index (κ2) is 11.6. The molecule has 13 heteroatoms. The molecule has 0 atom stereocenters. The molecular weight excluding hydrogens is 542 g/mol. The van der Waals surface area contributed by atoms with E-state index >= 15 is 0 Å². The molecule has 0 fully saturated rings. The SMILES string of the molecule is CNC(=O)c1ccc(OC(=O)c2cc3cc(NC(=O)c4cc5cc(NC(=O)CN=C(N)N)ccc5o4)ccc3[nH]2)cc1. The maximum Gasteiger partial charge on any atom is 0.360 e. The number of aromatic nitrogens is 1. The van der Waals surface area contributed by atoms with Crippen molar-refractivity contribution in [3.8, 4) is 5.75 Å². The Morgan fingerprint density at radius 3 is 2.31 bits per heavy atom. The average Bonchev–Trinajstić information content (AvgIpc) is 3.60. The van der Waals surface area contributed by atoms with E-state index in [1.807, 2.05) is 0 Å². The quantitative estimate of drug-likeness (QED) is 0.0709. The number of ether oxygens (including phenoxy) is 1. The zero-order valence-electron chi connectivity index (χ0n) is 22.2. The number of H-pyrrole nitrogens is 1. The van der Waals surface area contributed by atoms with Gasteiger partial charge in [0.05, 0.1) is 0 Å². The van der Waals surface area contributed by atoms with E-state index in [0.29, 0.717) is 38.8 Å². The number of furan rings is 1. The van der Waals surface area contributed by atoms with Gasteiger partial charge in [-0.05, 0) is 72.8 Å². The molecule has 0 saturated heterocycles. The number of hydrogen-bond donors (Lipinski definition) is 6. The normalized spacial score (nSPS) is 10.7. The number of esters is 1. The number of benzene rings is 3. The lowest BCUT2D eigenvalue weighted by atomic mass is 10.2. The lowest BCUT2D eigenvalue weighted by Gasteiger charge is -2.04. The van der Waals surface area contributed by atoms with Crippen LogP contribution in [0.5, 0.6) is 5.75 Å². The van der Waals surface area contributed by atoms with Crippen molar-refractivity contribution in [2.24, 2.45) is 16.5 Å². The smallest absolute Gasteiger partial charge is 0.360 e. The van der Waals surface area contributed by atoms with E-state index in [9.17, 15) is 19.2 Å². The number of nitrogens with one attached hydrogen (secondary N) is 4. The molecule has 3 aromatic carbocycles. The predicted octanol–water partition coefficient (Wildman–Crippen LogP) is 2.96. The van der Waals surface area contributed by atoms with Gasteiger partial charge < -0.3 is 41.6 Å². The minimum absolute atomic E-state index is 0.0647. The van der Waals surface area contributed by atoms with E-state index < -0.39 is 17.8 Å². The summed E-state index contributed by atoms with van der Waals surface area (Å²) >= 11 is 0. The summed E-state index contributed by atoms with van der Waals surface area (Å²) in [6.45, 7) is -0.220. The average molecular weight is 568 g/mol. The molecule has 3 amide bonds. The fourth-order valence-electron chi connectivity index (χ4n) is 4.09. The second-order valence-electron chi connectivity index (χ2n) is 9.08. The Morgan fingerprint density at radius 1 is 0.857 bits per heavy atom. The first kappa shape index (κ1) is 27.5. The molecule has 0 radical (unpaired) electrons. The van der Waals surface area contributed by atoms with Crippen molar-refractivity contribution < 1.29 is 28.3 Å². The van der Waals surface area contributed by atoms with Crippen molar-refractivity contribution >= 4 is 62.9 Å². The Labute approximate surface area is 237 Å². The Kier molecular flexibility index (Phi) is 7.55. The highest BCUT2D eigenvalue weighted by atomic mass is 16.5. The maximum atomic E-state index is 12.9. The number of carbonyl (C=O) groups is 4. The number of rotatable bonds is 8. The molecule has 0 aliphatic heterocycles. The van der Waals surface area contributed by atoms with E-state index in [0.717, 1.165) is 0 Å². The molecule has 0 spiro atoms. The van der Waals surface area contributed by atoms with Gasteiger partial charge in [-0.2, -0.15) is 0 Å². The minimum Gasteiger partial charge on any atom is -0.451 e. The standard InChI is InChI=1S/C29H25N7O6/c1-32-26(38)15-2-6-20(7-3-15)41-28(40)22-12-16-10-19(4-8-21(16)36-22)35-27(39)24-13-17-11-18(5-9-23(17)42-24)34-25(37)14-33-29(30)31/h2-13,36H,14H2,1H3,(H,32,38)(H,34,37)(H,35,39)(H4,30,31,33). The van der Waals surface area contributed by atoms with Gasteiger partial charge in [-0.1, -0.05) is 0 Å². The summed E-state index contributed by atoms with van der Waals surface area (Å²) in [5, 5.41) is 9.24. The Bertz CT molecular complexity index is 1870. The molecule has 0 aliphatic rings. The van der Waals surface area contributed by atoms with E-state index in [1.54, 1.807) is 60.7 Å². The third-order valence-corrected chi connectivity index (χ3v) is 6.08. The molecule has 42 heavy (non-hydrogen) atoms. The summed E-state index contributed by atoms with van der Waals surface area (Å²) < 4.78 is 11.1. The van der Waals surface area contributed by atoms with Gasteiger partial charge in [0.1, 0.15) is 23.6 Å². The summed E-state index contributed by atoms with van der Waals surface area (Å²) in [5.74, 6) is -1.59. The number of anilines is 2. The number of nitrogens with zero attached hydrogens (tertiary/aromatic N) is 1. The largest absolute Gasteiger partial charge is 0.451 e. The Morgan fingerprint density at radius 2 is 1.57 bits per heavy atom. The number of guanidine groups is 1. The van der Waals surface area contributed by atoms with E-state index in [-0.39, 0.29) is 35.6 Å². The first-order chi connectivity index (χ1) is 20.2. The monoisotopic (exact) mass is 567 g/mol. The van der Waals surface area contributed by atoms with E-state index in [4.69, 9.17) is 20.6 Å². The summed E-state index contributed by atoms with van der Waals surface area (Å²) in [6, 6.07) is 19.3. The highest BCUT2D eigenvalue weighted by Gasteiger charge is 2.16. The molecule has 0 aliphatic carbocycles. The Balaban J connectivity index is 1.25. The van der Waals surface area contributed by atoms with Crippen LogP contribution in [0.1, 0.15) is 31.4 Å². The van der Waals surface area contributed by atoms with Crippen LogP contribution in [0.2, 0.25) is 0 Å². The molecule has 2 aromatic heterocycles. The van der Waals surface area contributed by atoms with Crippen LogP contribution in [0.25, 0.3) is 21.9 Å².